The summed E-state index contributed by atoms with van der Waals surface area (Å²) in [5.74, 6) is 0. The molecule has 0 aromatic heterocycles. The number of alkyl halides is 3. The summed E-state index contributed by atoms with van der Waals surface area (Å²) in [5.41, 5.74) is 0.255. The summed E-state index contributed by atoms with van der Waals surface area (Å²) >= 11 is 0. The van der Waals surface area contributed by atoms with E-state index in [0.717, 1.165) is 32.5 Å². The first kappa shape index (κ1) is 14.8. The molecule has 1 aliphatic rings. The second kappa shape index (κ2) is 6.05. The Morgan fingerprint density at radius 3 is 2.35 bits per heavy atom. The van der Waals surface area contributed by atoms with Crippen molar-refractivity contribution in [1.82, 2.24) is 10.2 Å². The summed E-state index contributed by atoms with van der Waals surface area (Å²) in [4.78, 5) is 2.30. The number of rotatable bonds is 5. The molecule has 0 aromatic rings. The number of hydrogen-bond acceptors (Lipinski definition) is 2. The summed E-state index contributed by atoms with van der Waals surface area (Å²) in [6.45, 7) is 5.68. The van der Waals surface area contributed by atoms with Gasteiger partial charge in [0.2, 0.25) is 0 Å². The number of piperidine rings is 1. The highest BCUT2D eigenvalue weighted by Gasteiger charge is 2.29. The lowest BCUT2D eigenvalue weighted by molar-refractivity contribution is -0.135. The maximum Gasteiger partial charge on any atom is 0.389 e. The smallest absolute Gasteiger partial charge is 0.316 e. The summed E-state index contributed by atoms with van der Waals surface area (Å²) in [6.07, 6.45) is -2.27. The van der Waals surface area contributed by atoms with E-state index in [1.807, 2.05) is 0 Å². The van der Waals surface area contributed by atoms with Gasteiger partial charge in [-0.15, -0.1) is 0 Å². The zero-order valence-electron chi connectivity index (χ0n) is 10.7. The van der Waals surface area contributed by atoms with Gasteiger partial charge >= 0.3 is 6.18 Å². The Labute approximate surface area is 102 Å². The van der Waals surface area contributed by atoms with E-state index in [1.54, 1.807) is 0 Å². The van der Waals surface area contributed by atoms with Crippen molar-refractivity contribution >= 4 is 0 Å². The fourth-order valence-corrected chi connectivity index (χ4v) is 2.14. The molecule has 1 N–H and O–H groups in total. The SMILES string of the molecule is CN1CCC(C)(CNCCCC(F)(F)F)CC1. The average molecular weight is 252 g/mol. The third kappa shape index (κ3) is 6.27. The van der Waals surface area contributed by atoms with E-state index in [1.165, 1.54) is 0 Å². The molecule has 0 aliphatic carbocycles. The molecule has 0 bridgehead atoms. The fourth-order valence-electron chi connectivity index (χ4n) is 2.14. The van der Waals surface area contributed by atoms with Crippen LogP contribution in [0.15, 0.2) is 0 Å². The first-order valence-corrected chi connectivity index (χ1v) is 6.27. The zero-order chi connectivity index (χ0) is 12.9. The van der Waals surface area contributed by atoms with Crippen LogP contribution in [0.3, 0.4) is 0 Å². The molecule has 1 saturated heterocycles. The lowest BCUT2D eigenvalue weighted by Crippen LogP contribution is -2.42. The lowest BCUT2D eigenvalue weighted by Gasteiger charge is -2.38. The molecule has 0 amide bonds. The minimum Gasteiger partial charge on any atom is -0.316 e. The molecule has 5 heteroatoms. The molecule has 1 aliphatic heterocycles. The first-order valence-electron chi connectivity index (χ1n) is 6.27. The van der Waals surface area contributed by atoms with Crippen LogP contribution < -0.4 is 5.32 Å². The molecule has 0 atom stereocenters. The van der Waals surface area contributed by atoms with E-state index in [2.05, 4.69) is 24.2 Å². The van der Waals surface area contributed by atoms with E-state index < -0.39 is 12.6 Å². The van der Waals surface area contributed by atoms with E-state index >= 15 is 0 Å². The highest BCUT2D eigenvalue weighted by molar-refractivity contribution is 4.83. The van der Waals surface area contributed by atoms with Crippen LogP contribution >= 0.6 is 0 Å². The summed E-state index contributed by atoms with van der Waals surface area (Å²) in [7, 11) is 2.11. The monoisotopic (exact) mass is 252 g/mol. The third-order valence-corrected chi connectivity index (χ3v) is 3.56. The molecular weight excluding hydrogens is 229 g/mol. The summed E-state index contributed by atoms with van der Waals surface area (Å²) in [5, 5.41) is 3.16. The van der Waals surface area contributed by atoms with Crippen LogP contribution in [0.25, 0.3) is 0 Å². The fraction of sp³-hybridized carbons (Fsp3) is 1.00. The topological polar surface area (TPSA) is 15.3 Å². The molecule has 0 aromatic carbocycles. The van der Waals surface area contributed by atoms with Gasteiger partial charge in [0.25, 0.3) is 0 Å². The Hall–Kier alpha value is -0.290. The molecule has 1 rings (SSSR count). The third-order valence-electron chi connectivity index (χ3n) is 3.56. The number of nitrogens with one attached hydrogen (secondary N) is 1. The van der Waals surface area contributed by atoms with Crippen LogP contribution in [-0.2, 0) is 0 Å². The molecular formula is C12H23F3N2. The Morgan fingerprint density at radius 1 is 1.24 bits per heavy atom. The van der Waals surface area contributed by atoms with Gasteiger partial charge in [0, 0.05) is 13.0 Å². The molecule has 17 heavy (non-hydrogen) atoms. The molecule has 102 valence electrons. The van der Waals surface area contributed by atoms with E-state index in [4.69, 9.17) is 0 Å². The summed E-state index contributed by atoms with van der Waals surface area (Å²) < 4.78 is 35.8. The van der Waals surface area contributed by atoms with Crippen molar-refractivity contribution in [3.8, 4) is 0 Å². The molecule has 1 fully saturated rings. The Bertz CT molecular complexity index is 220. The van der Waals surface area contributed by atoms with Crippen LogP contribution in [-0.4, -0.2) is 44.3 Å². The quantitative estimate of drug-likeness (QED) is 0.757. The Balaban J connectivity index is 2.10. The predicted octanol–water partition coefficient (Wildman–Crippen LogP) is 2.65. The minimum absolute atomic E-state index is 0.180. The van der Waals surface area contributed by atoms with Gasteiger partial charge in [0.1, 0.15) is 0 Å². The largest absolute Gasteiger partial charge is 0.389 e. The van der Waals surface area contributed by atoms with Gasteiger partial charge in [-0.1, -0.05) is 6.92 Å². The number of halogens is 3. The zero-order valence-corrected chi connectivity index (χ0v) is 10.7. The Kier molecular flexibility index (Phi) is 5.25. The predicted molar refractivity (Wildman–Crippen MR) is 63.0 cm³/mol. The van der Waals surface area contributed by atoms with Crippen LogP contribution in [0.4, 0.5) is 13.2 Å². The van der Waals surface area contributed by atoms with Crippen molar-refractivity contribution in [3.05, 3.63) is 0 Å². The highest BCUT2D eigenvalue weighted by atomic mass is 19.4. The second-order valence-corrected chi connectivity index (χ2v) is 5.51. The maximum atomic E-state index is 11.9. The van der Waals surface area contributed by atoms with Gasteiger partial charge in [-0.25, -0.2) is 0 Å². The highest BCUT2D eigenvalue weighted by Crippen LogP contribution is 2.29. The Morgan fingerprint density at radius 2 is 1.82 bits per heavy atom. The van der Waals surface area contributed by atoms with Crippen LogP contribution in [0.5, 0.6) is 0 Å². The molecule has 0 unspecified atom stereocenters. The van der Waals surface area contributed by atoms with Crippen LogP contribution in [0.1, 0.15) is 32.6 Å². The number of hydrogen-bond donors (Lipinski definition) is 1. The standard InChI is InChI=1S/C12H23F3N2/c1-11(5-8-17(2)9-6-11)10-16-7-3-4-12(13,14)15/h16H,3-10H2,1-2H3. The maximum absolute atomic E-state index is 11.9. The number of likely N-dealkylation sites (tertiary alicyclic amines) is 1. The van der Waals surface area contributed by atoms with Gasteiger partial charge < -0.3 is 10.2 Å². The first-order chi connectivity index (χ1) is 7.81. The van der Waals surface area contributed by atoms with Gasteiger partial charge in [-0.3, -0.25) is 0 Å². The van der Waals surface area contributed by atoms with Crippen molar-refractivity contribution in [1.29, 1.82) is 0 Å². The van der Waals surface area contributed by atoms with Crippen molar-refractivity contribution in [3.63, 3.8) is 0 Å². The average Bonchev–Trinajstić information content (AvgIpc) is 2.21. The molecule has 2 nitrogen and oxygen atoms in total. The van der Waals surface area contributed by atoms with Gasteiger partial charge in [0.15, 0.2) is 0 Å². The minimum atomic E-state index is -4.01. The van der Waals surface area contributed by atoms with Crippen molar-refractivity contribution in [2.24, 2.45) is 5.41 Å². The van der Waals surface area contributed by atoms with Gasteiger partial charge in [-0.2, -0.15) is 13.2 Å². The second-order valence-electron chi connectivity index (χ2n) is 5.51. The van der Waals surface area contributed by atoms with E-state index in [-0.39, 0.29) is 11.8 Å². The van der Waals surface area contributed by atoms with Crippen LogP contribution in [0.2, 0.25) is 0 Å². The summed E-state index contributed by atoms with van der Waals surface area (Å²) in [6, 6.07) is 0. The molecule has 1 heterocycles. The lowest BCUT2D eigenvalue weighted by atomic mass is 9.80. The van der Waals surface area contributed by atoms with Gasteiger partial charge in [0.05, 0.1) is 0 Å². The van der Waals surface area contributed by atoms with E-state index in [9.17, 15) is 13.2 Å². The van der Waals surface area contributed by atoms with Crippen molar-refractivity contribution < 1.29 is 13.2 Å². The molecule has 0 saturated carbocycles. The van der Waals surface area contributed by atoms with Crippen LogP contribution in [0, 0.1) is 5.41 Å². The van der Waals surface area contributed by atoms with Gasteiger partial charge in [-0.05, 0) is 51.4 Å². The van der Waals surface area contributed by atoms with Crippen molar-refractivity contribution in [2.45, 2.75) is 38.8 Å². The molecule has 0 radical (unpaired) electrons. The normalized spacial score (nSPS) is 21.7. The van der Waals surface area contributed by atoms with E-state index in [0.29, 0.717) is 6.54 Å². The van der Waals surface area contributed by atoms with Crippen molar-refractivity contribution in [2.75, 3.05) is 33.2 Å². The molecule has 0 spiro atoms. The number of nitrogens with zero attached hydrogens (tertiary/aromatic N) is 1.